The standard InChI is InChI=1S/C16H23NO/c18-16-15-12-7-6-11(10-12)14(15)8-9-17(16)13-4-2-1-3-5-13/h6-7,11-15H,1-5,8-10H2. The maximum Gasteiger partial charge on any atom is 0.226 e. The fourth-order valence-corrected chi connectivity index (χ4v) is 5.03. The summed E-state index contributed by atoms with van der Waals surface area (Å²) in [5.74, 6) is 2.87. The number of hydrogen-bond acceptors (Lipinski definition) is 1. The van der Waals surface area contributed by atoms with Crippen molar-refractivity contribution in [2.24, 2.45) is 23.7 Å². The van der Waals surface area contributed by atoms with Crippen LogP contribution >= 0.6 is 0 Å². The van der Waals surface area contributed by atoms with Crippen LogP contribution in [-0.4, -0.2) is 23.4 Å². The quantitative estimate of drug-likeness (QED) is 0.650. The first-order valence-corrected chi connectivity index (χ1v) is 7.83. The van der Waals surface area contributed by atoms with Gasteiger partial charge in [-0.2, -0.15) is 0 Å². The van der Waals surface area contributed by atoms with Gasteiger partial charge in [0.15, 0.2) is 0 Å². The fraction of sp³-hybridized carbons (Fsp3) is 0.812. The Hall–Kier alpha value is -0.790. The minimum Gasteiger partial charge on any atom is -0.339 e. The predicted molar refractivity (Wildman–Crippen MR) is 70.9 cm³/mol. The van der Waals surface area contributed by atoms with Crippen LogP contribution in [0.25, 0.3) is 0 Å². The van der Waals surface area contributed by atoms with E-state index >= 15 is 0 Å². The van der Waals surface area contributed by atoms with Crippen molar-refractivity contribution in [3.63, 3.8) is 0 Å². The Morgan fingerprint density at radius 2 is 1.78 bits per heavy atom. The highest BCUT2D eigenvalue weighted by Crippen LogP contribution is 2.52. The summed E-state index contributed by atoms with van der Waals surface area (Å²) >= 11 is 0. The Morgan fingerprint density at radius 3 is 2.61 bits per heavy atom. The molecule has 1 saturated heterocycles. The lowest BCUT2D eigenvalue weighted by molar-refractivity contribution is -0.145. The molecule has 2 heteroatoms. The largest absolute Gasteiger partial charge is 0.339 e. The lowest BCUT2D eigenvalue weighted by Gasteiger charge is -2.43. The SMILES string of the molecule is O=C1C2C3C=CC(C3)C2CCN1C1CCCCC1. The maximum atomic E-state index is 12.8. The van der Waals surface area contributed by atoms with E-state index in [0.717, 1.165) is 12.5 Å². The second kappa shape index (κ2) is 4.11. The van der Waals surface area contributed by atoms with Crippen LogP contribution < -0.4 is 0 Å². The van der Waals surface area contributed by atoms with Gasteiger partial charge >= 0.3 is 0 Å². The Bertz CT molecular complexity index is 383. The first-order chi connectivity index (χ1) is 8.84. The number of carbonyl (C=O) groups is 1. The molecule has 4 aliphatic rings. The van der Waals surface area contributed by atoms with Crippen LogP contribution in [0.4, 0.5) is 0 Å². The highest BCUT2D eigenvalue weighted by Gasteiger charge is 2.52. The van der Waals surface area contributed by atoms with E-state index in [2.05, 4.69) is 17.1 Å². The van der Waals surface area contributed by atoms with Crippen LogP contribution in [-0.2, 0) is 4.79 Å². The normalized spacial score (nSPS) is 43.6. The van der Waals surface area contributed by atoms with Gasteiger partial charge in [0.1, 0.15) is 0 Å². The van der Waals surface area contributed by atoms with Crippen molar-refractivity contribution in [3.8, 4) is 0 Å². The molecule has 1 aliphatic heterocycles. The third kappa shape index (κ3) is 1.50. The molecule has 2 nitrogen and oxygen atoms in total. The van der Waals surface area contributed by atoms with Gasteiger partial charge in [-0.3, -0.25) is 4.79 Å². The van der Waals surface area contributed by atoms with E-state index in [4.69, 9.17) is 0 Å². The molecule has 3 fully saturated rings. The number of amides is 1. The van der Waals surface area contributed by atoms with Crippen LogP contribution in [0.2, 0.25) is 0 Å². The number of fused-ring (bicyclic) bond motifs is 5. The summed E-state index contributed by atoms with van der Waals surface area (Å²) in [7, 11) is 0. The average Bonchev–Trinajstić information content (AvgIpc) is 3.01. The van der Waals surface area contributed by atoms with Crippen molar-refractivity contribution in [1.82, 2.24) is 4.90 Å². The van der Waals surface area contributed by atoms with Gasteiger partial charge in [-0.05, 0) is 43.4 Å². The molecule has 4 unspecified atom stereocenters. The summed E-state index contributed by atoms with van der Waals surface area (Å²) in [5, 5.41) is 0. The molecule has 0 radical (unpaired) electrons. The van der Waals surface area contributed by atoms with E-state index in [1.165, 1.54) is 44.9 Å². The van der Waals surface area contributed by atoms with Crippen LogP contribution in [0.15, 0.2) is 12.2 Å². The Kier molecular flexibility index (Phi) is 2.53. The summed E-state index contributed by atoms with van der Waals surface area (Å²) in [4.78, 5) is 15.1. The molecule has 98 valence electrons. The molecular weight excluding hydrogens is 222 g/mol. The first kappa shape index (κ1) is 11.1. The molecule has 0 aromatic carbocycles. The molecule has 0 spiro atoms. The van der Waals surface area contributed by atoms with Crippen molar-refractivity contribution in [3.05, 3.63) is 12.2 Å². The van der Waals surface area contributed by atoms with Crippen molar-refractivity contribution >= 4 is 5.91 Å². The van der Waals surface area contributed by atoms with Gasteiger partial charge in [-0.15, -0.1) is 0 Å². The lowest BCUT2D eigenvalue weighted by atomic mass is 9.76. The minimum absolute atomic E-state index is 0.357. The van der Waals surface area contributed by atoms with Crippen LogP contribution in [0.5, 0.6) is 0 Å². The maximum absolute atomic E-state index is 12.8. The molecular formula is C16H23NO. The molecule has 0 N–H and O–H groups in total. The van der Waals surface area contributed by atoms with Crippen LogP contribution in [0, 0.1) is 23.7 Å². The lowest BCUT2D eigenvalue weighted by Crippen LogP contribution is -2.51. The first-order valence-electron chi connectivity index (χ1n) is 7.83. The highest BCUT2D eigenvalue weighted by atomic mass is 16.2. The van der Waals surface area contributed by atoms with Crippen molar-refractivity contribution in [2.75, 3.05) is 6.54 Å². The van der Waals surface area contributed by atoms with E-state index in [1.807, 2.05) is 0 Å². The Labute approximate surface area is 109 Å². The second-order valence-corrected chi connectivity index (χ2v) is 6.75. The summed E-state index contributed by atoms with van der Waals surface area (Å²) < 4.78 is 0. The summed E-state index contributed by atoms with van der Waals surface area (Å²) in [6, 6.07) is 0.579. The van der Waals surface area contributed by atoms with Gasteiger partial charge in [-0.25, -0.2) is 0 Å². The monoisotopic (exact) mass is 245 g/mol. The zero-order valence-corrected chi connectivity index (χ0v) is 11.1. The molecule has 0 aromatic heterocycles. The molecule has 2 bridgehead atoms. The topological polar surface area (TPSA) is 20.3 Å². The second-order valence-electron chi connectivity index (χ2n) is 6.75. The van der Waals surface area contributed by atoms with Gasteiger partial charge in [0, 0.05) is 18.5 Å². The molecule has 2 saturated carbocycles. The van der Waals surface area contributed by atoms with E-state index in [9.17, 15) is 4.79 Å². The zero-order valence-electron chi connectivity index (χ0n) is 11.1. The molecule has 4 atom stereocenters. The van der Waals surface area contributed by atoms with Crippen molar-refractivity contribution in [2.45, 2.75) is 51.0 Å². The Balaban J connectivity index is 1.54. The number of rotatable bonds is 1. The summed E-state index contributed by atoms with van der Waals surface area (Å²) in [6.07, 6.45) is 13.8. The summed E-state index contributed by atoms with van der Waals surface area (Å²) in [5.41, 5.74) is 0. The number of likely N-dealkylation sites (tertiary alicyclic amines) is 1. The molecule has 18 heavy (non-hydrogen) atoms. The van der Waals surface area contributed by atoms with Gasteiger partial charge in [-0.1, -0.05) is 31.4 Å². The van der Waals surface area contributed by atoms with E-state index < -0.39 is 0 Å². The fourth-order valence-electron chi connectivity index (χ4n) is 5.03. The van der Waals surface area contributed by atoms with E-state index in [-0.39, 0.29) is 0 Å². The Morgan fingerprint density at radius 1 is 1.00 bits per heavy atom. The van der Waals surface area contributed by atoms with Crippen molar-refractivity contribution in [1.29, 1.82) is 0 Å². The zero-order chi connectivity index (χ0) is 12.1. The smallest absolute Gasteiger partial charge is 0.226 e. The number of hydrogen-bond donors (Lipinski definition) is 0. The minimum atomic E-state index is 0.357. The van der Waals surface area contributed by atoms with Gasteiger partial charge in [0.05, 0.1) is 0 Å². The van der Waals surface area contributed by atoms with Crippen LogP contribution in [0.1, 0.15) is 44.9 Å². The van der Waals surface area contributed by atoms with E-state index in [1.54, 1.807) is 0 Å². The van der Waals surface area contributed by atoms with E-state index in [0.29, 0.717) is 29.7 Å². The molecule has 0 aromatic rings. The van der Waals surface area contributed by atoms with Gasteiger partial charge in [0.2, 0.25) is 5.91 Å². The van der Waals surface area contributed by atoms with Gasteiger partial charge in [0.25, 0.3) is 0 Å². The number of piperidine rings is 1. The molecule has 1 heterocycles. The molecule has 4 rings (SSSR count). The average molecular weight is 245 g/mol. The van der Waals surface area contributed by atoms with Gasteiger partial charge < -0.3 is 4.90 Å². The molecule has 1 amide bonds. The molecule has 3 aliphatic carbocycles. The van der Waals surface area contributed by atoms with Crippen LogP contribution in [0.3, 0.4) is 0 Å². The van der Waals surface area contributed by atoms with Crippen molar-refractivity contribution < 1.29 is 4.79 Å². The predicted octanol–water partition coefficient (Wildman–Crippen LogP) is 2.99. The number of allylic oxidation sites excluding steroid dienone is 2. The summed E-state index contributed by atoms with van der Waals surface area (Å²) in [6.45, 7) is 1.04. The third-order valence-electron chi connectivity index (χ3n) is 5.91. The third-order valence-corrected chi connectivity index (χ3v) is 5.91. The number of nitrogens with zero attached hydrogens (tertiary/aromatic N) is 1. The highest BCUT2D eigenvalue weighted by molar-refractivity contribution is 5.81. The number of carbonyl (C=O) groups excluding carboxylic acids is 1.